The minimum absolute atomic E-state index is 0.365. The minimum atomic E-state index is -0.887. The van der Waals surface area contributed by atoms with Crippen molar-refractivity contribution in [3.63, 3.8) is 0 Å². The minimum Gasteiger partial charge on any atom is -0.490 e. The molecular weight excluding hydrogens is 412 g/mol. The summed E-state index contributed by atoms with van der Waals surface area (Å²) in [6.45, 7) is 4.15. The SMILES string of the molecule is CC1=NC(C)=C(c2cccnc2)C(c2ccc(OCC=Cc3ccccc3)cc2)C1C(=O)O. The number of benzene rings is 2. The zero-order valence-corrected chi connectivity index (χ0v) is 18.7. The fourth-order valence-electron chi connectivity index (χ4n) is 4.28. The summed E-state index contributed by atoms with van der Waals surface area (Å²) in [5.74, 6) is -1.27. The zero-order valence-electron chi connectivity index (χ0n) is 18.7. The van der Waals surface area contributed by atoms with Gasteiger partial charge in [-0.25, -0.2) is 0 Å². The molecule has 166 valence electrons. The van der Waals surface area contributed by atoms with E-state index >= 15 is 0 Å². The Kier molecular flexibility index (Phi) is 6.79. The number of hydrogen-bond donors (Lipinski definition) is 1. The number of hydrogen-bond acceptors (Lipinski definition) is 4. The van der Waals surface area contributed by atoms with E-state index in [2.05, 4.69) is 9.98 Å². The van der Waals surface area contributed by atoms with E-state index in [4.69, 9.17) is 4.74 Å². The highest BCUT2D eigenvalue weighted by Gasteiger charge is 2.38. The molecule has 0 bridgehead atoms. The van der Waals surface area contributed by atoms with E-state index in [9.17, 15) is 9.90 Å². The van der Waals surface area contributed by atoms with Crippen LogP contribution in [0.1, 0.15) is 36.5 Å². The van der Waals surface area contributed by atoms with Crippen molar-refractivity contribution in [3.8, 4) is 5.75 Å². The normalized spacial score (nSPS) is 18.3. The first-order chi connectivity index (χ1) is 16.0. The average Bonchev–Trinajstić information content (AvgIpc) is 2.83. The second kappa shape index (κ2) is 10.1. The summed E-state index contributed by atoms with van der Waals surface area (Å²) >= 11 is 0. The average molecular weight is 439 g/mol. The van der Waals surface area contributed by atoms with Crippen molar-refractivity contribution in [1.82, 2.24) is 4.98 Å². The Morgan fingerprint density at radius 1 is 1.03 bits per heavy atom. The quantitative estimate of drug-likeness (QED) is 0.501. The molecule has 5 nitrogen and oxygen atoms in total. The highest BCUT2D eigenvalue weighted by molar-refractivity contribution is 6.06. The molecule has 2 heterocycles. The second-order valence-electron chi connectivity index (χ2n) is 7.98. The van der Waals surface area contributed by atoms with Gasteiger partial charge in [0.25, 0.3) is 0 Å². The Labute approximate surface area is 193 Å². The van der Waals surface area contributed by atoms with Crippen molar-refractivity contribution in [2.45, 2.75) is 19.8 Å². The summed E-state index contributed by atoms with van der Waals surface area (Å²) in [7, 11) is 0. The number of aromatic nitrogens is 1. The summed E-state index contributed by atoms with van der Waals surface area (Å²) in [6.07, 6.45) is 7.46. The maximum absolute atomic E-state index is 12.2. The molecule has 2 atom stereocenters. The third-order valence-electron chi connectivity index (χ3n) is 5.76. The topological polar surface area (TPSA) is 71.8 Å². The monoisotopic (exact) mass is 438 g/mol. The maximum Gasteiger partial charge on any atom is 0.313 e. The van der Waals surface area contributed by atoms with Crippen molar-refractivity contribution in [2.75, 3.05) is 6.61 Å². The van der Waals surface area contributed by atoms with Gasteiger partial charge in [0.05, 0.1) is 0 Å². The van der Waals surface area contributed by atoms with Gasteiger partial charge in [0.15, 0.2) is 0 Å². The third kappa shape index (κ3) is 5.09. The van der Waals surface area contributed by atoms with Crippen LogP contribution in [0.2, 0.25) is 0 Å². The van der Waals surface area contributed by atoms with Crippen molar-refractivity contribution in [2.24, 2.45) is 10.9 Å². The van der Waals surface area contributed by atoms with Crippen LogP contribution in [-0.2, 0) is 4.79 Å². The molecule has 33 heavy (non-hydrogen) atoms. The van der Waals surface area contributed by atoms with Crippen LogP contribution in [0.4, 0.5) is 0 Å². The number of aliphatic imine (C=N–C) groups is 1. The summed E-state index contributed by atoms with van der Waals surface area (Å²) in [5.41, 5.74) is 5.21. The first-order valence-corrected chi connectivity index (χ1v) is 10.9. The van der Waals surface area contributed by atoms with Gasteiger partial charge in [-0.3, -0.25) is 14.8 Å². The van der Waals surface area contributed by atoms with E-state index in [1.165, 1.54) is 0 Å². The molecule has 1 N–H and O–H groups in total. The Hall–Kier alpha value is -3.99. The molecule has 0 saturated heterocycles. The van der Waals surface area contributed by atoms with Gasteiger partial charge in [0.2, 0.25) is 0 Å². The maximum atomic E-state index is 12.2. The number of carboxylic acid groups (broad SMARTS) is 1. The number of carbonyl (C=O) groups is 1. The molecule has 1 aliphatic heterocycles. The van der Waals surface area contributed by atoms with E-state index in [-0.39, 0.29) is 5.92 Å². The van der Waals surface area contributed by atoms with Crippen LogP contribution >= 0.6 is 0 Å². The van der Waals surface area contributed by atoms with Crippen LogP contribution in [0.3, 0.4) is 0 Å². The lowest BCUT2D eigenvalue weighted by Crippen LogP contribution is -2.32. The Morgan fingerprint density at radius 2 is 1.79 bits per heavy atom. The van der Waals surface area contributed by atoms with E-state index in [1.807, 2.05) is 85.8 Å². The standard InChI is InChI=1S/C28H26N2O3/c1-19-25(23-11-6-16-29-18-23)27(26(28(31)32)20(2)30-19)22-12-14-24(15-13-22)33-17-7-10-21-8-4-3-5-9-21/h3-16,18,26-27H,17H2,1-2H3,(H,31,32). The largest absolute Gasteiger partial charge is 0.490 e. The number of carboxylic acids is 1. The Morgan fingerprint density at radius 3 is 2.45 bits per heavy atom. The van der Waals surface area contributed by atoms with Gasteiger partial charge in [-0.2, -0.15) is 0 Å². The van der Waals surface area contributed by atoms with E-state index in [0.29, 0.717) is 12.3 Å². The smallest absolute Gasteiger partial charge is 0.313 e. The number of nitrogens with zero attached hydrogens (tertiary/aromatic N) is 2. The van der Waals surface area contributed by atoms with Gasteiger partial charge < -0.3 is 9.84 Å². The second-order valence-corrected chi connectivity index (χ2v) is 7.98. The number of ether oxygens (including phenoxy) is 1. The fourth-order valence-corrected chi connectivity index (χ4v) is 4.28. The number of rotatable bonds is 7. The van der Waals surface area contributed by atoms with Crippen LogP contribution < -0.4 is 4.74 Å². The van der Waals surface area contributed by atoms with E-state index in [1.54, 1.807) is 19.3 Å². The predicted molar refractivity (Wildman–Crippen MR) is 131 cm³/mol. The highest BCUT2D eigenvalue weighted by atomic mass is 16.5. The van der Waals surface area contributed by atoms with Crippen LogP contribution in [0.5, 0.6) is 5.75 Å². The van der Waals surface area contributed by atoms with E-state index in [0.717, 1.165) is 33.7 Å². The van der Waals surface area contributed by atoms with Crippen LogP contribution in [0.25, 0.3) is 11.6 Å². The summed E-state index contributed by atoms with van der Waals surface area (Å²) < 4.78 is 5.85. The molecule has 4 rings (SSSR count). The van der Waals surface area contributed by atoms with Crippen LogP contribution in [-0.4, -0.2) is 28.4 Å². The van der Waals surface area contributed by atoms with Crippen molar-refractivity contribution in [1.29, 1.82) is 0 Å². The van der Waals surface area contributed by atoms with Crippen molar-refractivity contribution in [3.05, 3.63) is 108 Å². The van der Waals surface area contributed by atoms with Gasteiger partial charge in [-0.05, 0) is 60.4 Å². The molecule has 1 aliphatic rings. The molecule has 2 unspecified atom stereocenters. The molecule has 0 radical (unpaired) electrons. The lowest BCUT2D eigenvalue weighted by Gasteiger charge is -2.32. The van der Waals surface area contributed by atoms with Crippen molar-refractivity contribution >= 4 is 23.3 Å². The van der Waals surface area contributed by atoms with Crippen LogP contribution in [0.15, 0.2) is 95.9 Å². The molecule has 0 amide bonds. The molecule has 0 fully saturated rings. The van der Waals surface area contributed by atoms with Crippen LogP contribution in [0, 0.1) is 5.92 Å². The lowest BCUT2D eigenvalue weighted by atomic mass is 9.74. The predicted octanol–water partition coefficient (Wildman–Crippen LogP) is 5.86. The highest BCUT2D eigenvalue weighted by Crippen LogP contribution is 2.44. The molecule has 0 spiro atoms. The van der Waals surface area contributed by atoms with E-state index < -0.39 is 11.9 Å². The first kappa shape index (κ1) is 22.2. The Balaban J connectivity index is 1.58. The zero-order chi connectivity index (χ0) is 23.2. The lowest BCUT2D eigenvalue weighted by molar-refractivity contribution is -0.139. The fraction of sp³-hybridized carbons (Fsp3) is 0.179. The van der Waals surface area contributed by atoms with Gasteiger partial charge in [0.1, 0.15) is 18.3 Å². The first-order valence-electron chi connectivity index (χ1n) is 10.9. The summed E-state index contributed by atoms with van der Waals surface area (Å²) in [5, 5.41) is 10.0. The summed E-state index contributed by atoms with van der Waals surface area (Å²) in [4.78, 5) is 21.0. The van der Waals surface area contributed by atoms with Crippen molar-refractivity contribution < 1.29 is 14.6 Å². The summed E-state index contributed by atoms with van der Waals surface area (Å²) in [6, 6.07) is 21.5. The molecule has 3 aromatic rings. The number of allylic oxidation sites excluding steroid dienone is 2. The number of aliphatic carboxylic acids is 1. The number of pyridine rings is 1. The van der Waals surface area contributed by atoms with Gasteiger partial charge in [-0.15, -0.1) is 0 Å². The van der Waals surface area contributed by atoms with Gasteiger partial charge in [0, 0.05) is 29.7 Å². The molecule has 0 saturated carbocycles. The molecule has 1 aromatic heterocycles. The molecule has 5 heteroatoms. The third-order valence-corrected chi connectivity index (χ3v) is 5.76. The molecular formula is C28H26N2O3. The van der Waals surface area contributed by atoms with Gasteiger partial charge >= 0.3 is 5.97 Å². The Bertz CT molecular complexity index is 1200. The van der Waals surface area contributed by atoms with Gasteiger partial charge in [-0.1, -0.05) is 54.6 Å². The molecule has 0 aliphatic carbocycles. The molecule has 2 aromatic carbocycles.